The smallest absolute Gasteiger partial charge is 0.257 e. The van der Waals surface area contributed by atoms with E-state index in [2.05, 4.69) is 38.0 Å². The average molecular weight is 368 g/mol. The number of hydrogen-bond acceptors (Lipinski definition) is 3. The second-order valence-corrected chi connectivity index (χ2v) is 6.44. The van der Waals surface area contributed by atoms with Crippen molar-refractivity contribution in [2.45, 2.75) is 13.0 Å². The third kappa shape index (κ3) is 2.61. The van der Waals surface area contributed by atoms with Crippen molar-refractivity contribution in [1.29, 1.82) is 0 Å². The van der Waals surface area contributed by atoms with E-state index >= 15 is 0 Å². The summed E-state index contributed by atoms with van der Waals surface area (Å²) in [5, 5.41) is 1.13. The normalized spacial score (nSPS) is 13.6. The minimum absolute atomic E-state index is 0.0424. The third-order valence-corrected chi connectivity index (χ3v) is 4.78. The summed E-state index contributed by atoms with van der Waals surface area (Å²) < 4.78 is 0.818. The van der Waals surface area contributed by atoms with Gasteiger partial charge in [-0.2, -0.15) is 0 Å². The van der Waals surface area contributed by atoms with Crippen LogP contribution in [0.2, 0.25) is 0 Å². The van der Waals surface area contributed by atoms with E-state index in [4.69, 9.17) is 0 Å². The Balaban J connectivity index is 1.51. The molecule has 5 heteroatoms. The number of rotatable bonds is 3. The van der Waals surface area contributed by atoms with Gasteiger partial charge in [0.1, 0.15) is 0 Å². The number of aromatic nitrogens is 2. The van der Waals surface area contributed by atoms with Gasteiger partial charge in [-0.25, -0.2) is 0 Å². The van der Waals surface area contributed by atoms with Crippen molar-refractivity contribution in [1.82, 2.24) is 14.9 Å². The zero-order chi connectivity index (χ0) is 15.8. The molecule has 0 bridgehead atoms. The van der Waals surface area contributed by atoms with E-state index in [-0.39, 0.29) is 5.91 Å². The molecule has 0 aliphatic carbocycles. The topological polar surface area (TPSA) is 46.1 Å². The Bertz CT molecular complexity index is 910. The van der Waals surface area contributed by atoms with Gasteiger partial charge in [0, 0.05) is 34.7 Å². The lowest BCUT2D eigenvalue weighted by atomic mass is 10.2. The van der Waals surface area contributed by atoms with Gasteiger partial charge in [0.15, 0.2) is 0 Å². The molecule has 0 N–H and O–H groups in total. The molecule has 1 amide bonds. The Hall–Kier alpha value is -2.27. The van der Waals surface area contributed by atoms with E-state index in [9.17, 15) is 4.79 Å². The van der Waals surface area contributed by atoms with Crippen molar-refractivity contribution >= 4 is 32.7 Å². The number of amides is 1. The van der Waals surface area contributed by atoms with E-state index in [0.29, 0.717) is 18.7 Å². The zero-order valence-corrected chi connectivity index (χ0v) is 14.0. The van der Waals surface area contributed by atoms with Crippen molar-refractivity contribution in [2.24, 2.45) is 0 Å². The Morgan fingerprint density at radius 3 is 2.87 bits per heavy atom. The molecule has 0 spiro atoms. The monoisotopic (exact) mass is 367 g/mol. The Morgan fingerprint density at radius 1 is 1.13 bits per heavy atom. The summed E-state index contributed by atoms with van der Waals surface area (Å²) >= 11 is 3.44. The van der Waals surface area contributed by atoms with Crippen molar-refractivity contribution in [3.63, 3.8) is 0 Å². The van der Waals surface area contributed by atoms with Gasteiger partial charge >= 0.3 is 0 Å². The number of pyridine rings is 2. The van der Waals surface area contributed by atoms with Crippen molar-refractivity contribution < 1.29 is 4.79 Å². The van der Waals surface area contributed by atoms with Crippen LogP contribution in [0.4, 0.5) is 0 Å². The fourth-order valence-electron chi connectivity index (χ4n) is 2.91. The molecule has 0 fully saturated rings. The van der Waals surface area contributed by atoms with Gasteiger partial charge in [0.05, 0.1) is 23.3 Å². The zero-order valence-electron chi connectivity index (χ0n) is 12.4. The maximum Gasteiger partial charge on any atom is 0.257 e. The molecule has 3 aromatic rings. The fourth-order valence-corrected chi connectivity index (χ4v) is 3.43. The van der Waals surface area contributed by atoms with Crippen LogP contribution < -0.4 is 0 Å². The second kappa shape index (κ2) is 5.74. The molecule has 3 heterocycles. The maximum atomic E-state index is 12.5. The lowest BCUT2D eigenvalue weighted by molar-refractivity contribution is 0.0779. The number of halogens is 1. The number of nitrogens with zero attached hydrogens (tertiary/aromatic N) is 3. The molecule has 4 nitrogen and oxygen atoms in total. The summed E-state index contributed by atoms with van der Waals surface area (Å²) in [4.78, 5) is 23.3. The fraction of sp³-hybridized carbons (Fsp3) is 0.167. The van der Waals surface area contributed by atoms with Gasteiger partial charge in [0.25, 0.3) is 5.91 Å². The van der Waals surface area contributed by atoms with Crippen LogP contribution in [0.1, 0.15) is 21.7 Å². The Morgan fingerprint density at radius 2 is 2.00 bits per heavy atom. The van der Waals surface area contributed by atoms with E-state index < -0.39 is 0 Å². The third-order valence-electron chi connectivity index (χ3n) is 4.11. The molecule has 1 aromatic carbocycles. The van der Waals surface area contributed by atoms with Crippen molar-refractivity contribution in [3.05, 3.63) is 70.1 Å². The molecule has 23 heavy (non-hydrogen) atoms. The maximum absolute atomic E-state index is 12.5. The van der Waals surface area contributed by atoms with Crippen molar-refractivity contribution in [2.75, 3.05) is 6.54 Å². The first-order valence-electron chi connectivity index (χ1n) is 7.50. The molecule has 0 atom stereocenters. The van der Waals surface area contributed by atoms with E-state index in [1.807, 2.05) is 35.2 Å². The first-order valence-corrected chi connectivity index (χ1v) is 8.29. The van der Waals surface area contributed by atoms with E-state index in [1.165, 1.54) is 0 Å². The molecule has 1 aliphatic rings. The summed E-state index contributed by atoms with van der Waals surface area (Å²) in [6, 6.07) is 14.0. The molecule has 0 saturated carbocycles. The molecular weight excluding hydrogens is 354 g/mol. The predicted molar refractivity (Wildman–Crippen MR) is 92.1 cm³/mol. The van der Waals surface area contributed by atoms with Crippen LogP contribution >= 0.6 is 15.9 Å². The number of hydrogen-bond donors (Lipinski definition) is 0. The lowest BCUT2D eigenvalue weighted by Gasteiger charge is -2.15. The highest BCUT2D eigenvalue weighted by Crippen LogP contribution is 2.27. The number of benzene rings is 1. The van der Waals surface area contributed by atoms with Crippen molar-refractivity contribution in [3.8, 4) is 0 Å². The summed E-state index contributed by atoms with van der Waals surface area (Å²) in [7, 11) is 0. The molecule has 2 aromatic heterocycles. The van der Waals surface area contributed by atoms with E-state index in [1.54, 1.807) is 6.20 Å². The number of carbonyl (C=O) groups excluding carboxylic acids is 1. The van der Waals surface area contributed by atoms with Crippen LogP contribution in [0.5, 0.6) is 0 Å². The minimum Gasteiger partial charge on any atom is -0.332 e. The van der Waals surface area contributed by atoms with Gasteiger partial charge in [0.2, 0.25) is 0 Å². The van der Waals surface area contributed by atoms with Gasteiger partial charge in [-0.3, -0.25) is 14.8 Å². The van der Waals surface area contributed by atoms with E-state index in [0.717, 1.165) is 33.2 Å². The highest BCUT2D eigenvalue weighted by Gasteiger charge is 2.30. The average Bonchev–Trinajstić information content (AvgIpc) is 2.90. The number of carbonyl (C=O) groups is 1. The number of para-hydroxylation sites is 1. The molecule has 0 unspecified atom stereocenters. The van der Waals surface area contributed by atoms with Crippen LogP contribution in [-0.4, -0.2) is 27.3 Å². The molecule has 0 radical (unpaired) electrons. The summed E-state index contributed by atoms with van der Waals surface area (Å²) in [5.41, 5.74) is 3.53. The first kappa shape index (κ1) is 14.3. The summed E-state index contributed by atoms with van der Waals surface area (Å²) in [6.45, 7) is 1.22. The lowest BCUT2D eigenvalue weighted by Crippen LogP contribution is -2.26. The molecule has 0 saturated heterocycles. The molecule has 114 valence electrons. The quantitative estimate of drug-likeness (QED) is 0.710. The Kier molecular flexibility index (Phi) is 3.58. The highest BCUT2D eigenvalue weighted by atomic mass is 79.9. The van der Waals surface area contributed by atoms with Gasteiger partial charge in [-0.15, -0.1) is 0 Å². The highest BCUT2D eigenvalue weighted by molar-refractivity contribution is 9.10. The van der Waals surface area contributed by atoms with Crippen LogP contribution in [0.3, 0.4) is 0 Å². The van der Waals surface area contributed by atoms with Gasteiger partial charge in [-0.05, 0) is 34.1 Å². The SMILES string of the molecule is O=C1c2c(Br)ccnc2CN1CCc1ccc2ccccc2n1. The molecule has 1 aliphatic heterocycles. The predicted octanol–water partition coefficient (Wildman–Crippen LogP) is 3.59. The van der Waals surface area contributed by atoms with Crippen LogP contribution in [-0.2, 0) is 13.0 Å². The minimum atomic E-state index is 0.0424. The van der Waals surface area contributed by atoms with Crippen LogP contribution in [0, 0.1) is 0 Å². The van der Waals surface area contributed by atoms with Gasteiger partial charge < -0.3 is 4.90 Å². The second-order valence-electron chi connectivity index (χ2n) is 5.59. The van der Waals surface area contributed by atoms with Gasteiger partial charge in [-0.1, -0.05) is 24.3 Å². The number of fused-ring (bicyclic) bond motifs is 2. The molecular formula is C18H14BrN3O. The van der Waals surface area contributed by atoms with Crippen LogP contribution in [0.25, 0.3) is 10.9 Å². The standard InChI is InChI=1S/C18H14BrN3O/c19-14-7-9-20-16-11-22(18(23)17(14)16)10-8-13-6-5-12-3-1-2-4-15(12)21-13/h1-7,9H,8,10-11H2. The summed E-state index contributed by atoms with van der Waals surface area (Å²) in [6.07, 6.45) is 2.47. The summed E-state index contributed by atoms with van der Waals surface area (Å²) in [5.74, 6) is 0.0424. The Labute approximate surface area is 142 Å². The first-order chi connectivity index (χ1) is 11.2. The van der Waals surface area contributed by atoms with Crippen LogP contribution in [0.15, 0.2) is 53.1 Å². The largest absolute Gasteiger partial charge is 0.332 e. The molecule has 4 rings (SSSR count).